The molecule has 0 aliphatic carbocycles. The molecule has 0 bridgehead atoms. The molecular weight excluding hydrogens is 338 g/mol. The first-order valence-corrected chi connectivity index (χ1v) is 8.95. The summed E-state index contributed by atoms with van der Waals surface area (Å²) in [5, 5.41) is 0. The maximum Gasteiger partial charge on any atom is 0.410 e. The molecule has 1 amide bonds. The Morgan fingerprint density at radius 2 is 1.67 bits per heavy atom. The van der Waals surface area contributed by atoms with Gasteiger partial charge in [0.05, 0.1) is 7.11 Å². The predicted molar refractivity (Wildman–Crippen MR) is 104 cm³/mol. The van der Waals surface area contributed by atoms with Gasteiger partial charge in [-0.15, -0.1) is 0 Å². The molecule has 4 nitrogen and oxygen atoms in total. The van der Waals surface area contributed by atoms with Crippen LogP contribution in [0.1, 0.15) is 16.7 Å². The van der Waals surface area contributed by atoms with Gasteiger partial charge in [0.2, 0.25) is 0 Å². The predicted octanol–water partition coefficient (Wildman–Crippen LogP) is 5.01. The number of fused-ring (bicyclic) bond motifs is 1. The van der Waals surface area contributed by atoms with E-state index < -0.39 is 0 Å². The molecule has 0 spiro atoms. The van der Waals surface area contributed by atoms with E-state index in [1.807, 2.05) is 48.5 Å². The van der Waals surface area contributed by atoms with Gasteiger partial charge in [0.15, 0.2) is 0 Å². The van der Waals surface area contributed by atoms with Crippen molar-refractivity contribution in [2.24, 2.45) is 0 Å². The second-order valence-corrected chi connectivity index (χ2v) is 6.61. The second kappa shape index (κ2) is 7.54. The Labute approximate surface area is 159 Å². The van der Waals surface area contributed by atoms with E-state index in [1.54, 1.807) is 12.0 Å². The Balaban J connectivity index is 1.44. The molecule has 0 N–H and O–H groups in total. The summed E-state index contributed by atoms with van der Waals surface area (Å²) >= 11 is 0. The molecule has 0 unspecified atom stereocenters. The van der Waals surface area contributed by atoms with E-state index >= 15 is 0 Å². The Kier molecular flexibility index (Phi) is 4.79. The van der Waals surface area contributed by atoms with Crippen LogP contribution < -0.4 is 4.74 Å². The van der Waals surface area contributed by atoms with Crippen molar-refractivity contribution >= 4 is 6.09 Å². The fourth-order valence-corrected chi connectivity index (χ4v) is 3.32. The first-order chi connectivity index (χ1) is 13.2. The van der Waals surface area contributed by atoms with Crippen LogP contribution in [0.5, 0.6) is 5.75 Å². The molecule has 4 rings (SSSR count). The zero-order valence-corrected chi connectivity index (χ0v) is 15.2. The van der Waals surface area contributed by atoms with Crippen LogP contribution in [-0.4, -0.2) is 18.1 Å². The summed E-state index contributed by atoms with van der Waals surface area (Å²) < 4.78 is 10.8. The van der Waals surface area contributed by atoms with Crippen LogP contribution in [0.4, 0.5) is 4.79 Å². The van der Waals surface area contributed by atoms with Gasteiger partial charge < -0.3 is 9.47 Å². The Morgan fingerprint density at radius 3 is 2.48 bits per heavy atom. The smallest absolute Gasteiger partial charge is 0.410 e. The molecule has 0 fully saturated rings. The molecular formula is C23H21NO3. The van der Waals surface area contributed by atoms with Crippen molar-refractivity contribution in [3.05, 3.63) is 89.5 Å². The SMILES string of the molecule is COc1cccc(-c2ccc3c(c2)CN(C(=O)OCc2ccccc2)C3)c1. The fourth-order valence-electron chi connectivity index (χ4n) is 3.32. The molecule has 1 heterocycles. The first kappa shape index (κ1) is 17.2. The van der Waals surface area contributed by atoms with Gasteiger partial charge in [0.1, 0.15) is 12.4 Å². The molecule has 0 radical (unpaired) electrons. The summed E-state index contributed by atoms with van der Waals surface area (Å²) in [7, 11) is 1.67. The highest BCUT2D eigenvalue weighted by Gasteiger charge is 2.24. The largest absolute Gasteiger partial charge is 0.497 e. The minimum atomic E-state index is -0.280. The van der Waals surface area contributed by atoms with Crippen LogP contribution in [0, 0.1) is 0 Å². The Hall–Kier alpha value is -3.27. The highest BCUT2D eigenvalue weighted by Crippen LogP contribution is 2.30. The van der Waals surface area contributed by atoms with Crippen LogP contribution in [0.15, 0.2) is 72.8 Å². The molecule has 0 saturated carbocycles. The quantitative estimate of drug-likeness (QED) is 0.657. The van der Waals surface area contributed by atoms with Crippen molar-refractivity contribution in [2.45, 2.75) is 19.7 Å². The molecule has 1 aliphatic heterocycles. The van der Waals surface area contributed by atoms with Gasteiger partial charge in [-0.2, -0.15) is 0 Å². The monoisotopic (exact) mass is 359 g/mol. The minimum Gasteiger partial charge on any atom is -0.497 e. The highest BCUT2D eigenvalue weighted by atomic mass is 16.6. The summed E-state index contributed by atoms with van der Waals surface area (Å²) in [5.41, 5.74) is 5.53. The van der Waals surface area contributed by atoms with Gasteiger partial charge in [0.25, 0.3) is 0 Å². The van der Waals surface area contributed by atoms with E-state index in [4.69, 9.17) is 9.47 Å². The van der Waals surface area contributed by atoms with Gasteiger partial charge in [-0.25, -0.2) is 4.79 Å². The van der Waals surface area contributed by atoms with Gasteiger partial charge in [-0.05, 0) is 46.0 Å². The number of rotatable bonds is 4. The lowest BCUT2D eigenvalue weighted by Gasteiger charge is -2.15. The van der Waals surface area contributed by atoms with Gasteiger partial charge in [-0.3, -0.25) is 4.90 Å². The molecule has 0 atom stereocenters. The lowest BCUT2D eigenvalue weighted by atomic mass is 10.0. The third-order valence-corrected chi connectivity index (χ3v) is 4.80. The molecule has 3 aromatic rings. The number of hydrogen-bond acceptors (Lipinski definition) is 3. The number of ether oxygens (including phenoxy) is 2. The van der Waals surface area contributed by atoms with E-state index in [0.717, 1.165) is 28.0 Å². The first-order valence-electron chi connectivity index (χ1n) is 8.95. The van der Waals surface area contributed by atoms with Crippen molar-refractivity contribution in [2.75, 3.05) is 7.11 Å². The molecule has 3 aromatic carbocycles. The maximum absolute atomic E-state index is 12.4. The fraction of sp³-hybridized carbons (Fsp3) is 0.174. The third-order valence-electron chi connectivity index (χ3n) is 4.80. The molecule has 4 heteroatoms. The number of methoxy groups -OCH3 is 1. The Morgan fingerprint density at radius 1 is 0.889 bits per heavy atom. The summed E-state index contributed by atoms with van der Waals surface area (Å²) in [4.78, 5) is 14.2. The normalized spacial score (nSPS) is 12.6. The number of carbonyl (C=O) groups excluding carboxylic acids is 1. The van der Waals surface area contributed by atoms with Crippen LogP contribution in [0.25, 0.3) is 11.1 Å². The summed E-state index contributed by atoms with van der Waals surface area (Å²) in [5.74, 6) is 0.833. The maximum atomic E-state index is 12.4. The number of hydrogen-bond donors (Lipinski definition) is 0. The average molecular weight is 359 g/mol. The van der Waals surface area contributed by atoms with E-state index in [9.17, 15) is 4.79 Å². The van der Waals surface area contributed by atoms with Crippen LogP contribution in [-0.2, 0) is 24.4 Å². The van der Waals surface area contributed by atoms with Crippen molar-refractivity contribution in [1.29, 1.82) is 0 Å². The van der Waals surface area contributed by atoms with Crippen molar-refractivity contribution < 1.29 is 14.3 Å². The number of benzene rings is 3. The topological polar surface area (TPSA) is 38.8 Å². The lowest BCUT2D eigenvalue weighted by molar-refractivity contribution is 0.0955. The average Bonchev–Trinajstić information content (AvgIpc) is 3.16. The second-order valence-electron chi connectivity index (χ2n) is 6.61. The van der Waals surface area contributed by atoms with Crippen LogP contribution >= 0.6 is 0 Å². The van der Waals surface area contributed by atoms with Crippen molar-refractivity contribution in [3.63, 3.8) is 0 Å². The van der Waals surface area contributed by atoms with Gasteiger partial charge >= 0.3 is 6.09 Å². The Bertz CT molecular complexity index is 953. The lowest BCUT2D eigenvalue weighted by Crippen LogP contribution is -2.25. The molecule has 0 saturated heterocycles. The van der Waals surface area contributed by atoms with E-state index in [0.29, 0.717) is 19.7 Å². The summed E-state index contributed by atoms with van der Waals surface area (Å²) in [6, 6.07) is 24.0. The zero-order chi connectivity index (χ0) is 18.6. The highest BCUT2D eigenvalue weighted by molar-refractivity contribution is 5.71. The van der Waals surface area contributed by atoms with E-state index in [2.05, 4.69) is 24.3 Å². The van der Waals surface area contributed by atoms with Crippen LogP contribution in [0.3, 0.4) is 0 Å². The molecule has 27 heavy (non-hydrogen) atoms. The van der Waals surface area contributed by atoms with Gasteiger partial charge in [-0.1, -0.05) is 54.6 Å². The van der Waals surface area contributed by atoms with Crippen molar-refractivity contribution in [1.82, 2.24) is 4.90 Å². The molecule has 136 valence electrons. The summed E-state index contributed by atoms with van der Waals surface area (Å²) in [6.45, 7) is 1.45. The summed E-state index contributed by atoms with van der Waals surface area (Å²) in [6.07, 6.45) is -0.280. The molecule has 1 aliphatic rings. The van der Waals surface area contributed by atoms with E-state index in [-0.39, 0.29) is 6.09 Å². The molecule has 0 aromatic heterocycles. The number of carbonyl (C=O) groups is 1. The zero-order valence-electron chi connectivity index (χ0n) is 15.2. The number of nitrogens with zero attached hydrogens (tertiary/aromatic N) is 1. The van der Waals surface area contributed by atoms with E-state index in [1.165, 1.54) is 5.56 Å². The standard InChI is InChI=1S/C23H21NO3/c1-26-22-9-5-8-18(13-22)19-10-11-20-14-24(15-21(20)12-19)23(25)27-16-17-6-3-2-4-7-17/h2-13H,14-16H2,1H3. The minimum absolute atomic E-state index is 0.280. The van der Waals surface area contributed by atoms with Crippen LogP contribution in [0.2, 0.25) is 0 Å². The van der Waals surface area contributed by atoms with Crippen molar-refractivity contribution in [3.8, 4) is 16.9 Å². The third kappa shape index (κ3) is 3.80. The van der Waals surface area contributed by atoms with Gasteiger partial charge in [0, 0.05) is 13.1 Å². The number of amides is 1.